The fourth-order valence-electron chi connectivity index (χ4n) is 3.11. The number of ether oxygens (including phenoxy) is 1. The smallest absolute Gasteiger partial charge is 0.417 e. The number of alkyl halides is 3. The van der Waals surface area contributed by atoms with Gasteiger partial charge in [-0.05, 0) is 24.3 Å². The Balaban J connectivity index is 1.55. The minimum absolute atomic E-state index is 0.282. The van der Waals surface area contributed by atoms with Crippen molar-refractivity contribution in [2.45, 2.75) is 6.18 Å². The molecule has 3 rings (SSSR count). The van der Waals surface area contributed by atoms with Crippen molar-refractivity contribution in [1.29, 1.82) is 0 Å². The van der Waals surface area contributed by atoms with Gasteiger partial charge in [0, 0.05) is 26.2 Å². The van der Waals surface area contributed by atoms with E-state index in [9.17, 15) is 27.2 Å². The summed E-state index contributed by atoms with van der Waals surface area (Å²) in [6, 6.07) is 10.5. The van der Waals surface area contributed by atoms with E-state index < -0.39 is 35.8 Å². The molecule has 0 bridgehead atoms. The molecule has 2 aromatic rings. The highest BCUT2D eigenvalue weighted by atomic mass is 19.4. The number of esters is 1. The van der Waals surface area contributed by atoms with Gasteiger partial charge in [-0.1, -0.05) is 24.3 Å². The summed E-state index contributed by atoms with van der Waals surface area (Å²) in [4.78, 5) is 27.5. The van der Waals surface area contributed by atoms with Crippen LogP contribution in [0.3, 0.4) is 0 Å². The van der Waals surface area contributed by atoms with Crippen LogP contribution in [0.25, 0.3) is 0 Å². The van der Waals surface area contributed by atoms with Gasteiger partial charge >= 0.3 is 12.1 Å². The van der Waals surface area contributed by atoms with Crippen LogP contribution in [0.5, 0.6) is 0 Å². The molecule has 1 saturated heterocycles. The van der Waals surface area contributed by atoms with Gasteiger partial charge in [-0.15, -0.1) is 0 Å². The quantitative estimate of drug-likeness (QED) is 0.573. The van der Waals surface area contributed by atoms with E-state index in [2.05, 4.69) is 0 Å². The van der Waals surface area contributed by atoms with Crippen molar-refractivity contribution in [1.82, 2.24) is 4.90 Å². The standard InChI is InChI=1S/C20H18F4N2O3/c21-16-7-3-4-8-17(16)25-9-11-26(12-10-25)18(27)13-29-19(28)14-5-1-2-6-15(14)20(22,23)24/h1-8H,9-13H2. The lowest BCUT2D eigenvalue weighted by atomic mass is 10.1. The van der Waals surface area contributed by atoms with Gasteiger partial charge in [-0.2, -0.15) is 13.2 Å². The van der Waals surface area contributed by atoms with Crippen LogP contribution in [0.15, 0.2) is 48.5 Å². The molecule has 1 aliphatic heterocycles. The van der Waals surface area contributed by atoms with E-state index in [1.165, 1.54) is 23.1 Å². The molecule has 1 aliphatic rings. The van der Waals surface area contributed by atoms with Crippen LogP contribution >= 0.6 is 0 Å². The van der Waals surface area contributed by atoms with E-state index in [0.717, 1.165) is 12.1 Å². The summed E-state index contributed by atoms with van der Waals surface area (Å²) in [5.74, 6) is -2.09. The SMILES string of the molecule is O=C(OCC(=O)N1CCN(c2ccccc2F)CC1)c1ccccc1C(F)(F)F. The zero-order chi connectivity index (χ0) is 21.0. The molecule has 0 unspecified atom stereocenters. The molecule has 2 aromatic carbocycles. The van der Waals surface area contributed by atoms with Crippen LogP contribution < -0.4 is 4.90 Å². The zero-order valence-corrected chi connectivity index (χ0v) is 15.3. The maximum atomic E-state index is 13.9. The van der Waals surface area contributed by atoms with Gasteiger partial charge in [0.25, 0.3) is 5.91 Å². The highest BCUT2D eigenvalue weighted by Gasteiger charge is 2.35. The van der Waals surface area contributed by atoms with Crippen molar-refractivity contribution in [3.63, 3.8) is 0 Å². The van der Waals surface area contributed by atoms with Crippen molar-refractivity contribution in [3.8, 4) is 0 Å². The van der Waals surface area contributed by atoms with Gasteiger partial charge in [-0.25, -0.2) is 9.18 Å². The van der Waals surface area contributed by atoms with E-state index in [0.29, 0.717) is 18.8 Å². The number of hydrogen-bond acceptors (Lipinski definition) is 4. The van der Waals surface area contributed by atoms with Gasteiger partial charge < -0.3 is 14.5 Å². The topological polar surface area (TPSA) is 49.9 Å². The number of nitrogens with zero attached hydrogens (tertiary/aromatic N) is 2. The highest BCUT2D eigenvalue weighted by molar-refractivity contribution is 5.93. The molecule has 5 nitrogen and oxygen atoms in total. The van der Waals surface area contributed by atoms with Gasteiger partial charge in [0.2, 0.25) is 0 Å². The van der Waals surface area contributed by atoms with Crippen molar-refractivity contribution in [2.75, 3.05) is 37.7 Å². The number of para-hydroxylation sites is 1. The fourth-order valence-corrected chi connectivity index (χ4v) is 3.11. The third-order valence-corrected chi connectivity index (χ3v) is 4.60. The Morgan fingerprint density at radius 2 is 1.55 bits per heavy atom. The third-order valence-electron chi connectivity index (χ3n) is 4.60. The molecule has 0 aromatic heterocycles. The lowest BCUT2D eigenvalue weighted by Gasteiger charge is -2.36. The number of benzene rings is 2. The minimum Gasteiger partial charge on any atom is -0.452 e. The first-order valence-corrected chi connectivity index (χ1v) is 8.88. The number of carbonyl (C=O) groups is 2. The molecule has 1 amide bonds. The summed E-state index contributed by atoms with van der Waals surface area (Å²) in [7, 11) is 0. The van der Waals surface area contributed by atoms with E-state index in [4.69, 9.17) is 4.74 Å². The average molecular weight is 410 g/mol. The first kappa shape index (κ1) is 20.6. The zero-order valence-electron chi connectivity index (χ0n) is 15.3. The molecule has 0 aliphatic carbocycles. The van der Waals surface area contributed by atoms with Crippen LogP contribution in [0.2, 0.25) is 0 Å². The van der Waals surface area contributed by atoms with Crippen LogP contribution in [-0.4, -0.2) is 49.6 Å². The Bertz CT molecular complexity index is 893. The monoisotopic (exact) mass is 410 g/mol. The normalized spacial score (nSPS) is 14.6. The molecule has 0 saturated carbocycles. The fraction of sp³-hybridized carbons (Fsp3) is 0.300. The number of carbonyl (C=O) groups excluding carboxylic acids is 2. The van der Waals surface area contributed by atoms with Crippen LogP contribution in [0.4, 0.5) is 23.2 Å². The maximum Gasteiger partial charge on any atom is 0.417 e. The van der Waals surface area contributed by atoms with Crippen molar-refractivity contribution < 1.29 is 31.9 Å². The number of anilines is 1. The van der Waals surface area contributed by atoms with Gasteiger partial charge in [0.15, 0.2) is 6.61 Å². The molecule has 29 heavy (non-hydrogen) atoms. The number of piperazine rings is 1. The molecular weight excluding hydrogens is 392 g/mol. The average Bonchev–Trinajstić information content (AvgIpc) is 2.71. The van der Waals surface area contributed by atoms with Crippen LogP contribution in [0, 0.1) is 5.82 Å². The molecule has 154 valence electrons. The van der Waals surface area contributed by atoms with Gasteiger partial charge in [0.1, 0.15) is 5.82 Å². The first-order chi connectivity index (χ1) is 13.8. The van der Waals surface area contributed by atoms with Crippen molar-refractivity contribution >= 4 is 17.6 Å². The summed E-state index contributed by atoms with van der Waals surface area (Å²) < 4.78 is 57.6. The van der Waals surface area contributed by atoms with Gasteiger partial charge in [0.05, 0.1) is 16.8 Å². The Hall–Kier alpha value is -3.10. The first-order valence-electron chi connectivity index (χ1n) is 8.88. The Morgan fingerprint density at radius 3 is 2.21 bits per heavy atom. The largest absolute Gasteiger partial charge is 0.452 e. The molecule has 0 spiro atoms. The van der Waals surface area contributed by atoms with E-state index >= 15 is 0 Å². The Morgan fingerprint density at radius 1 is 0.931 bits per heavy atom. The Labute approximate surface area is 164 Å². The predicted molar refractivity (Wildman–Crippen MR) is 96.9 cm³/mol. The second kappa shape index (κ2) is 8.50. The summed E-state index contributed by atoms with van der Waals surface area (Å²) in [5, 5.41) is 0. The number of hydrogen-bond donors (Lipinski definition) is 0. The predicted octanol–water partition coefficient (Wildman–Crippen LogP) is 3.35. The molecule has 1 fully saturated rings. The summed E-state index contributed by atoms with van der Waals surface area (Å²) in [6.07, 6.45) is -4.71. The second-order valence-corrected chi connectivity index (χ2v) is 6.44. The lowest BCUT2D eigenvalue weighted by molar-refractivity contribution is -0.138. The molecular formula is C20H18F4N2O3. The highest BCUT2D eigenvalue weighted by Crippen LogP contribution is 2.32. The third kappa shape index (κ3) is 4.85. The minimum atomic E-state index is -4.71. The number of rotatable bonds is 4. The summed E-state index contributed by atoms with van der Waals surface area (Å²) in [5.41, 5.74) is -1.32. The van der Waals surface area contributed by atoms with Crippen LogP contribution in [-0.2, 0) is 15.7 Å². The van der Waals surface area contributed by atoms with E-state index in [-0.39, 0.29) is 18.9 Å². The number of amides is 1. The second-order valence-electron chi connectivity index (χ2n) is 6.44. The van der Waals surface area contributed by atoms with E-state index in [1.54, 1.807) is 23.1 Å². The Kier molecular flexibility index (Phi) is 6.05. The molecule has 0 N–H and O–H groups in total. The van der Waals surface area contributed by atoms with Crippen LogP contribution in [0.1, 0.15) is 15.9 Å². The lowest BCUT2D eigenvalue weighted by Crippen LogP contribution is -2.50. The molecule has 9 heteroatoms. The van der Waals surface area contributed by atoms with Crippen molar-refractivity contribution in [3.05, 3.63) is 65.5 Å². The number of halogens is 4. The van der Waals surface area contributed by atoms with E-state index in [1.807, 2.05) is 0 Å². The maximum absolute atomic E-state index is 13.9. The van der Waals surface area contributed by atoms with Crippen molar-refractivity contribution in [2.24, 2.45) is 0 Å². The molecule has 0 atom stereocenters. The van der Waals surface area contributed by atoms with Gasteiger partial charge in [-0.3, -0.25) is 4.79 Å². The molecule has 0 radical (unpaired) electrons. The molecule has 1 heterocycles. The summed E-state index contributed by atoms with van der Waals surface area (Å²) in [6.45, 7) is 0.674. The summed E-state index contributed by atoms with van der Waals surface area (Å²) >= 11 is 0.